The second-order valence-electron chi connectivity index (χ2n) is 3.42. The van der Waals surface area contributed by atoms with E-state index in [0.717, 1.165) is 10.0 Å². The molecule has 1 unspecified atom stereocenters. The molecule has 1 aromatic rings. The Bertz CT molecular complexity index is 280. The molecule has 0 amide bonds. The third-order valence-electron chi connectivity index (χ3n) is 2.05. The van der Waals surface area contributed by atoms with E-state index in [4.69, 9.17) is 4.74 Å². The molecule has 2 nitrogen and oxygen atoms in total. The number of ether oxygens (including phenoxy) is 1. The van der Waals surface area contributed by atoms with Crippen molar-refractivity contribution in [3.8, 4) is 0 Å². The van der Waals surface area contributed by atoms with Crippen molar-refractivity contribution in [3.63, 3.8) is 0 Å². The van der Waals surface area contributed by atoms with E-state index >= 15 is 0 Å². The van der Waals surface area contributed by atoms with Crippen molar-refractivity contribution in [2.45, 2.75) is 19.4 Å². The van der Waals surface area contributed by atoms with Crippen LogP contribution in [-0.4, -0.2) is 18.3 Å². The summed E-state index contributed by atoms with van der Waals surface area (Å²) in [4.78, 5) is 0. The largest absolute Gasteiger partial charge is 0.383 e. The molecule has 78 valence electrons. The Morgan fingerprint density at radius 3 is 2.43 bits per heavy atom. The van der Waals surface area contributed by atoms with Crippen LogP contribution in [0, 0.1) is 0 Å². The lowest BCUT2D eigenvalue weighted by atomic mass is 9.97. The van der Waals surface area contributed by atoms with E-state index in [9.17, 15) is 5.11 Å². The van der Waals surface area contributed by atoms with Crippen molar-refractivity contribution in [1.29, 1.82) is 0 Å². The maximum Gasteiger partial charge on any atom is 0.110 e. The average Bonchev–Trinajstić information content (AvgIpc) is 2.16. The molecule has 0 aromatic heterocycles. The highest BCUT2D eigenvalue weighted by molar-refractivity contribution is 9.10. The molecule has 0 aliphatic carbocycles. The summed E-state index contributed by atoms with van der Waals surface area (Å²) >= 11 is 3.35. The van der Waals surface area contributed by atoms with Gasteiger partial charge < -0.3 is 9.84 Å². The molecule has 0 heterocycles. The van der Waals surface area contributed by atoms with Crippen LogP contribution >= 0.6 is 15.9 Å². The van der Waals surface area contributed by atoms with Crippen molar-refractivity contribution in [2.24, 2.45) is 0 Å². The van der Waals surface area contributed by atoms with Crippen LogP contribution in [0.1, 0.15) is 19.4 Å². The SMILES string of the molecule is CCOCC(C)(O)c1ccc(Br)cc1. The van der Waals surface area contributed by atoms with Gasteiger partial charge >= 0.3 is 0 Å². The molecule has 1 rings (SSSR count). The van der Waals surface area contributed by atoms with Crippen LogP contribution in [0.4, 0.5) is 0 Å². The fourth-order valence-corrected chi connectivity index (χ4v) is 1.46. The lowest BCUT2D eigenvalue weighted by Crippen LogP contribution is -2.27. The second kappa shape index (κ2) is 4.91. The Kier molecular flexibility index (Phi) is 4.11. The summed E-state index contributed by atoms with van der Waals surface area (Å²) in [5.74, 6) is 0. The van der Waals surface area contributed by atoms with Crippen LogP contribution in [-0.2, 0) is 10.3 Å². The minimum absolute atomic E-state index is 0.325. The minimum atomic E-state index is -0.906. The Morgan fingerprint density at radius 2 is 1.93 bits per heavy atom. The minimum Gasteiger partial charge on any atom is -0.383 e. The second-order valence-corrected chi connectivity index (χ2v) is 4.33. The summed E-state index contributed by atoms with van der Waals surface area (Å²) in [6.07, 6.45) is 0. The van der Waals surface area contributed by atoms with Gasteiger partial charge in [-0.3, -0.25) is 0 Å². The number of hydrogen-bond donors (Lipinski definition) is 1. The molecule has 0 bridgehead atoms. The van der Waals surface area contributed by atoms with E-state index in [1.807, 2.05) is 31.2 Å². The first-order valence-electron chi connectivity index (χ1n) is 4.62. The normalized spacial score (nSPS) is 15.1. The number of hydrogen-bond acceptors (Lipinski definition) is 2. The molecule has 0 fully saturated rings. The molecule has 0 aliphatic rings. The highest BCUT2D eigenvalue weighted by Gasteiger charge is 2.22. The topological polar surface area (TPSA) is 29.5 Å². The monoisotopic (exact) mass is 258 g/mol. The van der Waals surface area contributed by atoms with Crippen LogP contribution in [0.25, 0.3) is 0 Å². The first kappa shape index (κ1) is 11.7. The van der Waals surface area contributed by atoms with Gasteiger partial charge in [-0.1, -0.05) is 28.1 Å². The van der Waals surface area contributed by atoms with Crippen LogP contribution in [0.5, 0.6) is 0 Å². The molecule has 1 atom stereocenters. The van der Waals surface area contributed by atoms with Gasteiger partial charge in [0.25, 0.3) is 0 Å². The standard InChI is InChI=1S/C11H15BrO2/c1-3-14-8-11(2,13)9-4-6-10(12)7-5-9/h4-7,13H,3,8H2,1-2H3. The molecule has 1 aromatic carbocycles. The molecule has 0 radical (unpaired) electrons. The first-order valence-corrected chi connectivity index (χ1v) is 5.41. The molecule has 0 aliphatic heterocycles. The molecule has 0 saturated carbocycles. The Labute approximate surface area is 93.0 Å². The summed E-state index contributed by atoms with van der Waals surface area (Å²) in [6, 6.07) is 7.61. The van der Waals surface area contributed by atoms with Gasteiger partial charge in [-0.05, 0) is 31.5 Å². The summed E-state index contributed by atoms with van der Waals surface area (Å²) < 4.78 is 6.23. The molecule has 0 spiro atoms. The van der Waals surface area contributed by atoms with Gasteiger partial charge in [0, 0.05) is 11.1 Å². The van der Waals surface area contributed by atoms with Crippen LogP contribution in [0.3, 0.4) is 0 Å². The number of aliphatic hydroxyl groups is 1. The molecular formula is C11H15BrO2. The molecule has 0 saturated heterocycles. The highest BCUT2D eigenvalue weighted by Crippen LogP contribution is 2.22. The van der Waals surface area contributed by atoms with Crippen molar-refractivity contribution in [2.75, 3.05) is 13.2 Å². The summed E-state index contributed by atoms with van der Waals surface area (Å²) in [7, 11) is 0. The molecule has 14 heavy (non-hydrogen) atoms. The van der Waals surface area contributed by atoms with E-state index < -0.39 is 5.60 Å². The van der Waals surface area contributed by atoms with Gasteiger partial charge in [-0.2, -0.15) is 0 Å². The smallest absolute Gasteiger partial charge is 0.110 e. The van der Waals surface area contributed by atoms with Gasteiger partial charge in [0.15, 0.2) is 0 Å². The predicted octanol–water partition coefficient (Wildman–Crippen LogP) is 2.69. The van der Waals surface area contributed by atoms with Crippen LogP contribution < -0.4 is 0 Å². The van der Waals surface area contributed by atoms with Gasteiger partial charge in [-0.15, -0.1) is 0 Å². The van der Waals surface area contributed by atoms with E-state index in [1.54, 1.807) is 6.92 Å². The summed E-state index contributed by atoms with van der Waals surface area (Å²) in [5, 5.41) is 10.1. The maximum atomic E-state index is 10.1. The van der Waals surface area contributed by atoms with Crippen LogP contribution in [0.15, 0.2) is 28.7 Å². The van der Waals surface area contributed by atoms with Crippen molar-refractivity contribution in [1.82, 2.24) is 0 Å². The Balaban J connectivity index is 2.75. The van der Waals surface area contributed by atoms with Crippen molar-refractivity contribution >= 4 is 15.9 Å². The zero-order valence-electron chi connectivity index (χ0n) is 8.46. The molecular weight excluding hydrogens is 244 g/mol. The Hall–Kier alpha value is -0.380. The van der Waals surface area contributed by atoms with E-state index in [2.05, 4.69) is 15.9 Å². The summed E-state index contributed by atoms with van der Waals surface area (Å²) in [5.41, 5.74) is -0.0365. The zero-order chi connectivity index (χ0) is 10.6. The zero-order valence-corrected chi connectivity index (χ0v) is 10.0. The summed E-state index contributed by atoms with van der Waals surface area (Å²) in [6.45, 7) is 4.61. The van der Waals surface area contributed by atoms with Crippen molar-refractivity contribution in [3.05, 3.63) is 34.3 Å². The Morgan fingerprint density at radius 1 is 1.36 bits per heavy atom. The average molecular weight is 259 g/mol. The van der Waals surface area contributed by atoms with Gasteiger partial charge in [0.1, 0.15) is 5.60 Å². The van der Waals surface area contributed by atoms with Gasteiger partial charge in [-0.25, -0.2) is 0 Å². The fraction of sp³-hybridized carbons (Fsp3) is 0.455. The number of halogens is 1. The lowest BCUT2D eigenvalue weighted by Gasteiger charge is -2.23. The van der Waals surface area contributed by atoms with E-state index in [0.29, 0.717) is 13.2 Å². The predicted molar refractivity (Wildman–Crippen MR) is 60.2 cm³/mol. The quantitative estimate of drug-likeness (QED) is 0.900. The van der Waals surface area contributed by atoms with Crippen LogP contribution in [0.2, 0.25) is 0 Å². The third kappa shape index (κ3) is 3.08. The van der Waals surface area contributed by atoms with E-state index in [1.165, 1.54) is 0 Å². The maximum absolute atomic E-state index is 10.1. The van der Waals surface area contributed by atoms with Gasteiger partial charge in [0.2, 0.25) is 0 Å². The number of benzene rings is 1. The van der Waals surface area contributed by atoms with E-state index in [-0.39, 0.29) is 0 Å². The number of rotatable bonds is 4. The fourth-order valence-electron chi connectivity index (χ4n) is 1.19. The highest BCUT2D eigenvalue weighted by atomic mass is 79.9. The lowest BCUT2D eigenvalue weighted by molar-refractivity contribution is -0.0343. The third-order valence-corrected chi connectivity index (χ3v) is 2.58. The van der Waals surface area contributed by atoms with Gasteiger partial charge in [0.05, 0.1) is 6.61 Å². The van der Waals surface area contributed by atoms with Crippen molar-refractivity contribution < 1.29 is 9.84 Å². The molecule has 1 N–H and O–H groups in total. The first-order chi connectivity index (χ1) is 6.56. The molecule has 3 heteroatoms.